The van der Waals surface area contributed by atoms with Crippen LogP contribution in [0.4, 0.5) is 25.1 Å². The lowest BCUT2D eigenvalue weighted by atomic mass is 9.52. The molecule has 3 unspecified atom stereocenters. The Morgan fingerprint density at radius 3 is 2.38 bits per heavy atom. The van der Waals surface area contributed by atoms with E-state index >= 15 is 0 Å². The Kier molecular flexibility index (Phi) is 4.45. The topological polar surface area (TPSA) is 75.6 Å². The fourth-order valence-corrected chi connectivity index (χ4v) is 5.55. The Bertz CT molecular complexity index is 1070. The number of allylic oxidation sites excluding steroid dienone is 1. The van der Waals surface area contributed by atoms with E-state index in [2.05, 4.69) is 43.6 Å². The van der Waals surface area contributed by atoms with Gasteiger partial charge in [0.05, 0.1) is 6.04 Å². The van der Waals surface area contributed by atoms with Crippen LogP contribution in [0.3, 0.4) is 0 Å². The van der Waals surface area contributed by atoms with Crippen LogP contribution in [0.2, 0.25) is 0 Å². The van der Waals surface area contributed by atoms with Crippen molar-refractivity contribution in [1.82, 2.24) is 19.9 Å². The predicted molar refractivity (Wildman–Crippen MR) is 114 cm³/mol. The highest BCUT2D eigenvalue weighted by atomic mass is 19.4. The second-order valence-corrected chi connectivity index (χ2v) is 9.68. The zero-order valence-corrected chi connectivity index (χ0v) is 17.7. The first-order chi connectivity index (χ1) is 15.3. The summed E-state index contributed by atoms with van der Waals surface area (Å²) in [6, 6.07) is 4.12. The minimum Gasteiger partial charge on any atom is -0.351 e. The molecule has 6 aliphatic rings. The first-order valence-corrected chi connectivity index (χ1v) is 11.4. The molecule has 2 N–H and O–H groups in total. The molecule has 4 fully saturated rings. The number of hydrogen-bond donors (Lipinski definition) is 2. The summed E-state index contributed by atoms with van der Waals surface area (Å²) in [7, 11) is 0. The fraction of sp³-hybridized carbons (Fsp3) is 0.565. The number of nitrogens with one attached hydrogen (secondary N) is 2. The lowest BCUT2D eigenvalue weighted by molar-refractivity contribution is -0.141. The van der Waals surface area contributed by atoms with E-state index in [9.17, 15) is 13.2 Å². The Morgan fingerprint density at radius 2 is 1.72 bits per heavy atom. The number of aromatic nitrogens is 4. The van der Waals surface area contributed by atoms with E-state index in [0.717, 1.165) is 30.7 Å². The van der Waals surface area contributed by atoms with Gasteiger partial charge >= 0.3 is 6.18 Å². The molecule has 2 heterocycles. The fourth-order valence-electron chi connectivity index (χ4n) is 5.55. The van der Waals surface area contributed by atoms with E-state index in [1.54, 1.807) is 5.57 Å². The minimum absolute atomic E-state index is 0.0807. The highest BCUT2D eigenvalue weighted by molar-refractivity contribution is 5.54. The predicted octanol–water partition coefficient (Wildman–Crippen LogP) is 4.93. The third-order valence-corrected chi connectivity index (χ3v) is 7.45. The molecule has 6 aliphatic carbocycles. The van der Waals surface area contributed by atoms with Gasteiger partial charge in [-0.05, 0) is 74.8 Å². The van der Waals surface area contributed by atoms with Crippen LogP contribution >= 0.6 is 0 Å². The van der Waals surface area contributed by atoms with Gasteiger partial charge in [-0.25, -0.2) is 4.98 Å². The molecule has 0 saturated heterocycles. The van der Waals surface area contributed by atoms with Crippen molar-refractivity contribution in [3.8, 4) is 11.5 Å². The van der Waals surface area contributed by atoms with E-state index in [1.807, 2.05) is 0 Å². The number of pyridine rings is 1. The molecule has 4 atom stereocenters. The molecule has 2 aromatic rings. The maximum Gasteiger partial charge on any atom is 0.433 e. The number of fused-ring (bicyclic) bond motifs is 1. The van der Waals surface area contributed by atoms with Gasteiger partial charge < -0.3 is 10.6 Å². The Labute approximate surface area is 184 Å². The van der Waals surface area contributed by atoms with Gasteiger partial charge in [0, 0.05) is 6.04 Å². The van der Waals surface area contributed by atoms with Crippen LogP contribution in [-0.2, 0) is 6.18 Å². The van der Waals surface area contributed by atoms with Crippen molar-refractivity contribution in [3.63, 3.8) is 0 Å². The third kappa shape index (κ3) is 3.61. The van der Waals surface area contributed by atoms with Gasteiger partial charge in [0.1, 0.15) is 11.4 Å². The Hall–Kier alpha value is -2.71. The number of rotatable bonds is 6. The first-order valence-electron chi connectivity index (χ1n) is 11.4. The summed E-state index contributed by atoms with van der Waals surface area (Å²) in [5.41, 5.74) is 0.677. The van der Waals surface area contributed by atoms with Gasteiger partial charge in [-0.3, -0.25) is 0 Å². The second kappa shape index (κ2) is 7.15. The van der Waals surface area contributed by atoms with Crippen molar-refractivity contribution >= 4 is 11.9 Å². The lowest BCUT2D eigenvalue weighted by Gasteiger charge is -2.54. The van der Waals surface area contributed by atoms with E-state index in [1.165, 1.54) is 31.4 Å². The number of halogens is 3. The molecule has 0 amide bonds. The van der Waals surface area contributed by atoms with E-state index in [4.69, 9.17) is 0 Å². The third-order valence-electron chi connectivity index (χ3n) is 7.45. The highest BCUT2D eigenvalue weighted by Gasteiger charge is 2.48. The molecule has 6 nitrogen and oxygen atoms in total. The molecule has 9 heteroatoms. The molecule has 4 bridgehead atoms. The van der Waals surface area contributed by atoms with Crippen LogP contribution in [0, 0.1) is 23.7 Å². The van der Waals surface area contributed by atoms with Crippen LogP contribution in [0.5, 0.6) is 0 Å². The summed E-state index contributed by atoms with van der Waals surface area (Å²) in [4.78, 5) is 17.2. The van der Waals surface area contributed by atoms with Gasteiger partial charge in [-0.2, -0.15) is 28.1 Å². The van der Waals surface area contributed by atoms with Crippen molar-refractivity contribution in [2.24, 2.45) is 23.7 Å². The summed E-state index contributed by atoms with van der Waals surface area (Å²) < 4.78 is 39.6. The van der Waals surface area contributed by atoms with E-state index in [0.29, 0.717) is 23.7 Å². The van der Waals surface area contributed by atoms with E-state index in [-0.39, 0.29) is 23.6 Å². The Morgan fingerprint density at radius 1 is 0.969 bits per heavy atom. The molecule has 4 saturated carbocycles. The second-order valence-electron chi connectivity index (χ2n) is 9.68. The average molecular weight is 442 g/mol. The van der Waals surface area contributed by atoms with Crippen LogP contribution in [0.15, 0.2) is 29.8 Å². The van der Waals surface area contributed by atoms with E-state index < -0.39 is 11.9 Å². The smallest absolute Gasteiger partial charge is 0.351 e. The van der Waals surface area contributed by atoms with Crippen molar-refractivity contribution in [1.29, 1.82) is 0 Å². The molecule has 0 aliphatic heterocycles. The van der Waals surface area contributed by atoms with Crippen LogP contribution in [0.1, 0.15) is 44.7 Å². The molecule has 168 valence electrons. The highest BCUT2D eigenvalue weighted by Crippen LogP contribution is 2.57. The van der Waals surface area contributed by atoms with Gasteiger partial charge in [0.25, 0.3) is 0 Å². The van der Waals surface area contributed by atoms with Gasteiger partial charge in [0.15, 0.2) is 5.82 Å². The largest absolute Gasteiger partial charge is 0.433 e. The molecule has 0 spiro atoms. The summed E-state index contributed by atoms with van der Waals surface area (Å²) >= 11 is 0. The van der Waals surface area contributed by atoms with Gasteiger partial charge in [-0.1, -0.05) is 17.7 Å². The van der Waals surface area contributed by atoms with Gasteiger partial charge in [-0.15, -0.1) is 0 Å². The molecule has 8 rings (SSSR count). The normalized spacial score (nSPS) is 29.2. The monoisotopic (exact) mass is 442 g/mol. The summed E-state index contributed by atoms with van der Waals surface area (Å²) in [5, 5.41) is 6.76. The van der Waals surface area contributed by atoms with Crippen LogP contribution in [-0.4, -0.2) is 32.0 Å². The maximum atomic E-state index is 13.2. The van der Waals surface area contributed by atoms with Crippen molar-refractivity contribution in [2.75, 3.05) is 10.6 Å². The van der Waals surface area contributed by atoms with Crippen molar-refractivity contribution < 1.29 is 13.2 Å². The van der Waals surface area contributed by atoms with Crippen molar-refractivity contribution in [2.45, 2.75) is 57.3 Å². The number of hydrogen-bond acceptors (Lipinski definition) is 6. The number of anilines is 2. The lowest BCUT2D eigenvalue weighted by Crippen LogP contribution is -2.48. The number of alkyl halides is 3. The molecule has 32 heavy (non-hydrogen) atoms. The molecule has 0 aromatic carbocycles. The molecular formula is C23H25F3N6. The molecule has 2 aromatic heterocycles. The summed E-state index contributed by atoms with van der Waals surface area (Å²) in [5.74, 6) is 3.49. The van der Waals surface area contributed by atoms with Crippen LogP contribution < -0.4 is 10.6 Å². The molecular weight excluding hydrogens is 417 g/mol. The van der Waals surface area contributed by atoms with Crippen LogP contribution in [0.25, 0.3) is 11.5 Å². The quantitative estimate of drug-likeness (QED) is 0.618. The van der Waals surface area contributed by atoms with Gasteiger partial charge in [0.2, 0.25) is 11.9 Å². The molecule has 0 radical (unpaired) electrons. The number of nitrogens with zero attached hydrogens (tertiary/aromatic N) is 4. The standard InChI is InChI=1S/C23H25F3N6/c1-11(12-5-6-12)27-21-30-20(17-3-2-4-19(28-17)23(24,25)26)31-22(32-21)29-18-10-16-13-7-14(16)9-15(18)8-13/h2-4,10-15,18H,5-9H2,1H3,(H2,27,29,30,31,32)/t11-,13?,14?,15?,18?/m1/s1. The first kappa shape index (κ1) is 19.9. The van der Waals surface area contributed by atoms with Crippen molar-refractivity contribution in [3.05, 3.63) is 35.5 Å². The minimum atomic E-state index is -4.53. The average Bonchev–Trinajstić information content (AvgIpc) is 3.61. The maximum absolute atomic E-state index is 13.2. The summed E-state index contributed by atoms with van der Waals surface area (Å²) in [6.45, 7) is 2.08. The zero-order valence-electron chi connectivity index (χ0n) is 17.7. The zero-order chi connectivity index (χ0) is 22.0. The SMILES string of the molecule is C[C@@H](Nc1nc(NC2C=C3C4CC3CC2C4)nc(-c2cccc(C(F)(F)F)n2)n1)C1CC1. The Balaban J connectivity index is 1.33. The summed E-state index contributed by atoms with van der Waals surface area (Å²) in [6.07, 6.45) is 3.81.